The Morgan fingerprint density at radius 1 is 1.08 bits per heavy atom. The molecule has 0 aromatic carbocycles. The van der Waals surface area contributed by atoms with Gasteiger partial charge in [0.15, 0.2) is 5.96 Å². The van der Waals surface area contributed by atoms with Crippen LogP contribution in [0.5, 0.6) is 0 Å². The smallest absolute Gasteiger partial charge is 0.220 e. The van der Waals surface area contributed by atoms with Gasteiger partial charge in [-0.3, -0.25) is 9.79 Å². The van der Waals surface area contributed by atoms with Crippen LogP contribution in [-0.2, 0) is 4.79 Å². The van der Waals surface area contributed by atoms with Crippen molar-refractivity contribution < 1.29 is 4.79 Å². The summed E-state index contributed by atoms with van der Waals surface area (Å²) in [6, 6.07) is 0. The van der Waals surface area contributed by atoms with Gasteiger partial charge in [-0.25, -0.2) is 0 Å². The van der Waals surface area contributed by atoms with Crippen molar-refractivity contribution in [3.8, 4) is 0 Å². The van der Waals surface area contributed by atoms with Crippen molar-refractivity contribution >= 4 is 11.9 Å². The van der Waals surface area contributed by atoms with E-state index in [1.807, 2.05) is 0 Å². The van der Waals surface area contributed by atoms with E-state index in [0.29, 0.717) is 12.3 Å². The minimum absolute atomic E-state index is 0.163. The molecule has 144 valence electrons. The molecule has 0 saturated carbocycles. The van der Waals surface area contributed by atoms with E-state index in [0.717, 1.165) is 51.5 Å². The first-order chi connectivity index (χ1) is 12.2. The summed E-state index contributed by atoms with van der Waals surface area (Å²) >= 11 is 0. The third-order valence-electron chi connectivity index (χ3n) is 5.38. The Kier molecular flexibility index (Phi) is 9.08. The summed E-state index contributed by atoms with van der Waals surface area (Å²) in [5.41, 5.74) is 0. The van der Waals surface area contributed by atoms with Gasteiger partial charge < -0.3 is 20.4 Å². The van der Waals surface area contributed by atoms with Gasteiger partial charge in [-0.05, 0) is 51.6 Å². The Morgan fingerprint density at radius 3 is 2.36 bits per heavy atom. The lowest BCUT2D eigenvalue weighted by Gasteiger charge is -2.34. The molecule has 0 spiro atoms. The molecule has 0 atom stereocenters. The molecular formula is C19H37N5O. The average molecular weight is 352 g/mol. The number of carbonyl (C=O) groups is 1. The van der Waals surface area contributed by atoms with Crippen LogP contribution in [0.1, 0.15) is 51.9 Å². The van der Waals surface area contributed by atoms with Crippen molar-refractivity contribution in [2.45, 2.75) is 51.9 Å². The predicted octanol–water partition coefficient (Wildman–Crippen LogP) is 1.68. The Bertz CT molecular complexity index is 410. The first-order valence-electron chi connectivity index (χ1n) is 10.2. The van der Waals surface area contributed by atoms with Gasteiger partial charge in [0.1, 0.15) is 0 Å². The second kappa shape index (κ2) is 11.3. The number of aliphatic imine (C=N–C) groups is 1. The van der Waals surface area contributed by atoms with Gasteiger partial charge in [0.2, 0.25) is 5.91 Å². The standard InChI is InChI=1S/C19H37N5O/c1-3-21-19(22-10-15-23-11-6-4-5-7-12-23)24-13-8-17(9-14-24)16-18(25)20-2/h17H,3-16H2,1-2H3,(H,20,25)(H,21,22). The predicted molar refractivity (Wildman–Crippen MR) is 104 cm³/mol. The number of piperidine rings is 1. The highest BCUT2D eigenvalue weighted by molar-refractivity contribution is 5.80. The van der Waals surface area contributed by atoms with Crippen molar-refractivity contribution in [1.29, 1.82) is 0 Å². The van der Waals surface area contributed by atoms with E-state index in [1.165, 1.54) is 38.8 Å². The second-order valence-electron chi connectivity index (χ2n) is 7.30. The fourth-order valence-electron chi connectivity index (χ4n) is 3.80. The van der Waals surface area contributed by atoms with Crippen molar-refractivity contribution in [2.75, 3.05) is 52.9 Å². The lowest BCUT2D eigenvalue weighted by atomic mass is 9.93. The molecule has 0 bridgehead atoms. The fourth-order valence-corrected chi connectivity index (χ4v) is 3.80. The van der Waals surface area contributed by atoms with Gasteiger partial charge in [-0.2, -0.15) is 0 Å². The molecular weight excluding hydrogens is 314 g/mol. The molecule has 6 nitrogen and oxygen atoms in total. The van der Waals surface area contributed by atoms with Crippen molar-refractivity contribution in [2.24, 2.45) is 10.9 Å². The van der Waals surface area contributed by atoms with Crippen LogP contribution in [0.3, 0.4) is 0 Å². The molecule has 2 rings (SSSR count). The molecule has 1 amide bonds. The zero-order valence-electron chi connectivity index (χ0n) is 16.2. The zero-order valence-corrected chi connectivity index (χ0v) is 16.2. The van der Waals surface area contributed by atoms with Crippen LogP contribution in [0.15, 0.2) is 4.99 Å². The summed E-state index contributed by atoms with van der Waals surface area (Å²) in [5.74, 6) is 1.73. The fraction of sp³-hybridized carbons (Fsp3) is 0.895. The molecule has 2 saturated heterocycles. The average Bonchev–Trinajstić information content (AvgIpc) is 2.90. The number of hydrogen-bond acceptors (Lipinski definition) is 3. The van der Waals surface area contributed by atoms with Crippen LogP contribution < -0.4 is 10.6 Å². The summed E-state index contributed by atoms with van der Waals surface area (Å²) < 4.78 is 0. The number of hydrogen-bond donors (Lipinski definition) is 2. The summed E-state index contributed by atoms with van der Waals surface area (Å²) in [4.78, 5) is 21.4. The number of likely N-dealkylation sites (tertiary alicyclic amines) is 2. The third kappa shape index (κ3) is 7.22. The first-order valence-corrected chi connectivity index (χ1v) is 10.2. The molecule has 0 aromatic heterocycles. The summed E-state index contributed by atoms with van der Waals surface area (Å²) in [7, 11) is 1.72. The summed E-state index contributed by atoms with van der Waals surface area (Å²) in [6.07, 6.45) is 8.24. The Morgan fingerprint density at radius 2 is 1.76 bits per heavy atom. The number of guanidine groups is 1. The van der Waals surface area contributed by atoms with E-state index >= 15 is 0 Å². The second-order valence-corrected chi connectivity index (χ2v) is 7.30. The first kappa shape index (κ1) is 20.0. The molecule has 0 aromatic rings. The topological polar surface area (TPSA) is 60.0 Å². The maximum atomic E-state index is 11.5. The van der Waals surface area contributed by atoms with Crippen LogP contribution >= 0.6 is 0 Å². The minimum atomic E-state index is 0.163. The molecule has 2 heterocycles. The molecule has 2 fully saturated rings. The maximum Gasteiger partial charge on any atom is 0.220 e. The van der Waals surface area contributed by atoms with Crippen molar-refractivity contribution in [3.05, 3.63) is 0 Å². The lowest BCUT2D eigenvalue weighted by molar-refractivity contribution is -0.121. The largest absolute Gasteiger partial charge is 0.359 e. The van der Waals surface area contributed by atoms with Gasteiger partial charge in [-0.15, -0.1) is 0 Å². The molecule has 0 radical (unpaired) electrons. The molecule has 2 aliphatic heterocycles. The molecule has 0 unspecified atom stereocenters. The quantitative estimate of drug-likeness (QED) is 0.565. The van der Waals surface area contributed by atoms with E-state index in [2.05, 4.69) is 27.4 Å². The molecule has 2 aliphatic rings. The molecule has 25 heavy (non-hydrogen) atoms. The van der Waals surface area contributed by atoms with Gasteiger partial charge in [0.05, 0.1) is 6.54 Å². The number of rotatable bonds is 6. The Balaban J connectivity index is 1.78. The van der Waals surface area contributed by atoms with Crippen LogP contribution in [0.4, 0.5) is 0 Å². The summed E-state index contributed by atoms with van der Waals surface area (Å²) in [5, 5.41) is 6.18. The highest BCUT2D eigenvalue weighted by atomic mass is 16.1. The number of nitrogens with zero attached hydrogens (tertiary/aromatic N) is 3. The Labute approximate surface area is 153 Å². The van der Waals surface area contributed by atoms with Gasteiger partial charge >= 0.3 is 0 Å². The normalized spacial score (nSPS) is 21.0. The molecule has 0 aliphatic carbocycles. The van der Waals surface area contributed by atoms with Crippen LogP contribution in [0.25, 0.3) is 0 Å². The lowest BCUT2D eigenvalue weighted by Crippen LogP contribution is -2.46. The highest BCUT2D eigenvalue weighted by Crippen LogP contribution is 2.20. The van der Waals surface area contributed by atoms with Crippen LogP contribution in [0.2, 0.25) is 0 Å². The van der Waals surface area contributed by atoms with Gasteiger partial charge in [0.25, 0.3) is 0 Å². The zero-order chi connectivity index (χ0) is 17.9. The van der Waals surface area contributed by atoms with Gasteiger partial charge in [-0.1, -0.05) is 12.8 Å². The summed E-state index contributed by atoms with van der Waals surface area (Å²) in [6.45, 7) is 9.44. The Hall–Kier alpha value is -1.30. The van der Waals surface area contributed by atoms with Crippen LogP contribution in [-0.4, -0.2) is 74.5 Å². The van der Waals surface area contributed by atoms with E-state index in [1.54, 1.807) is 7.05 Å². The third-order valence-corrected chi connectivity index (χ3v) is 5.38. The van der Waals surface area contributed by atoms with E-state index in [-0.39, 0.29) is 5.91 Å². The van der Waals surface area contributed by atoms with Crippen LogP contribution in [0, 0.1) is 5.92 Å². The molecule has 6 heteroatoms. The van der Waals surface area contributed by atoms with Gasteiger partial charge in [0, 0.05) is 39.6 Å². The van der Waals surface area contributed by atoms with E-state index < -0.39 is 0 Å². The van der Waals surface area contributed by atoms with E-state index in [9.17, 15) is 4.79 Å². The monoisotopic (exact) mass is 351 g/mol. The SMILES string of the molecule is CCNC(=NCCN1CCCCCC1)N1CCC(CC(=O)NC)CC1. The number of amides is 1. The van der Waals surface area contributed by atoms with E-state index in [4.69, 9.17) is 4.99 Å². The molecule has 2 N–H and O–H groups in total. The van der Waals surface area contributed by atoms with Crippen molar-refractivity contribution in [1.82, 2.24) is 20.4 Å². The maximum absolute atomic E-state index is 11.5. The minimum Gasteiger partial charge on any atom is -0.359 e. The number of carbonyl (C=O) groups excluding carboxylic acids is 1. The van der Waals surface area contributed by atoms with Crippen molar-refractivity contribution in [3.63, 3.8) is 0 Å². The number of nitrogens with one attached hydrogen (secondary N) is 2. The highest BCUT2D eigenvalue weighted by Gasteiger charge is 2.23.